The summed E-state index contributed by atoms with van der Waals surface area (Å²) in [5, 5.41) is 2.54. The van der Waals surface area contributed by atoms with Gasteiger partial charge in [0, 0.05) is 19.5 Å². The molecule has 5 nitrogen and oxygen atoms in total. The quantitative estimate of drug-likeness (QED) is 0.795. The zero-order chi connectivity index (χ0) is 19.3. The lowest BCUT2D eigenvalue weighted by Crippen LogP contribution is -2.35. The molecule has 0 heterocycles. The third-order valence-corrected chi connectivity index (χ3v) is 4.70. The average molecular weight is 386 g/mol. The van der Waals surface area contributed by atoms with Gasteiger partial charge in [-0.25, -0.2) is 21.6 Å². The van der Waals surface area contributed by atoms with E-state index in [1.807, 2.05) is 0 Å². The maximum atomic E-state index is 13.9. The Hall–Kier alpha value is -2.55. The van der Waals surface area contributed by atoms with E-state index in [0.717, 1.165) is 24.5 Å². The molecule has 2 aromatic carbocycles. The highest BCUT2D eigenvalue weighted by Gasteiger charge is 2.24. The van der Waals surface area contributed by atoms with E-state index in [2.05, 4.69) is 5.32 Å². The van der Waals surface area contributed by atoms with Crippen molar-refractivity contribution in [2.45, 2.75) is 13.0 Å². The number of nitrogens with one attached hydrogen (secondary N) is 1. The molecule has 0 spiro atoms. The second-order valence-corrected chi connectivity index (χ2v) is 7.47. The van der Waals surface area contributed by atoms with Crippen molar-refractivity contribution in [1.29, 1.82) is 0 Å². The molecule has 140 valence electrons. The highest BCUT2D eigenvalue weighted by atomic mass is 32.2. The fourth-order valence-corrected chi connectivity index (χ4v) is 3.19. The van der Waals surface area contributed by atoms with Crippen molar-refractivity contribution in [2.75, 3.05) is 17.1 Å². The number of sulfonamides is 1. The van der Waals surface area contributed by atoms with Crippen LogP contribution < -0.4 is 9.62 Å². The van der Waals surface area contributed by atoms with Crippen LogP contribution in [0.15, 0.2) is 42.5 Å². The number of amides is 1. The molecule has 0 aliphatic heterocycles. The number of carbonyl (C=O) groups excluding carboxylic acids is 1. The summed E-state index contributed by atoms with van der Waals surface area (Å²) in [5.41, 5.74) is -0.0683. The lowest BCUT2D eigenvalue weighted by atomic mass is 10.2. The van der Waals surface area contributed by atoms with Crippen LogP contribution in [0.2, 0.25) is 0 Å². The normalized spacial score (nSPS) is 11.2. The summed E-state index contributed by atoms with van der Waals surface area (Å²) in [6, 6.07) is 8.46. The van der Waals surface area contributed by atoms with Gasteiger partial charge in [-0.3, -0.25) is 9.10 Å². The third kappa shape index (κ3) is 5.22. The van der Waals surface area contributed by atoms with Crippen molar-refractivity contribution in [1.82, 2.24) is 5.32 Å². The van der Waals surface area contributed by atoms with Crippen LogP contribution in [0.25, 0.3) is 0 Å². The van der Waals surface area contributed by atoms with E-state index < -0.39 is 45.6 Å². The lowest BCUT2D eigenvalue weighted by Gasteiger charge is -2.23. The number of hydrogen-bond donors (Lipinski definition) is 1. The van der Waals surface area contributed by atoms with Gasteiger partial charge in [0.15, 0.2) is 11.6 Å². The van der Waals surface area contributed by atoms with Crippen LogP contribution in [-0.2, 0) is 21.4 Å². The molecule has 0 aliphatic carbocycles. The van der Waals surface area contributed by atoms with Gasteiger partial charge in [0.2, 0.25) is 15.9 Å². The van der Waals surface area contributed by atoms with Crippen LogP contribution in [0.3, 0.4) is 0 Å². The first-order valence-electron chi connectivity index (χ1n) is 7.61. The Morgan fingerprint density at radius 3 is 2.15 bits per heavy atom. The number of para-hydroxylation sites is 1. The number of rotatable bonds is 7. The average Bonchev–Trinajstić information content (AvgIpc) is 2.55. The van der Waals surface area contributed by atoms with Gasteiger partial charge < -0.3 is 5.32 Å². The standard InChI is InChI=1S/C17H17F3N2O3S/c1-26(24,25)22(17-14(19)3-2-4-15(17)20)10-9-16(23)21-11-12-5-7-13(18)8-6-12/h2-8H,9-11H2,1H3,(H,21,23). The second-order valence-electron chi connectivity index (χ2n) is 5.56. The van der Waals surface area contributed by atoms with E-state index in [0.29, 0.717) is 9.87 Å². The van der Waals surface area contributed by atoms with E-state index in [9.17, 15) is 26.4 Å². The molecule has 1 N–H and O–H groups in total. The number of halogens is 3. The summed E-state index contributed by atoms with van der Waals surface area (Å²) < 4.78 is 64.9. The summed E-state index contributed by atoms with van der Waals surface area (Å²) in [6.07, 6.45) is 0.497. The van der Waals surface area contributed by atoms with Crippen molar-refractivity contribution >= 4 is 21.6 Å². The molecular formula is C17H17F3N2O3S. The molecule has 0 saturated carbocycles. The van der Waals surface area contributed by atoms with Crippen LogP contribution in [0.1, 0.15) is 12.0 Å². The van der Waals surface area contributed by atoms with Gasteiger partial charge in [0.25, 0.3) is 0 Å². The van der Waals surface area contributed by atoms with Crippen molar-refractivity contribution in [3.63, 3.8) is 0 Å². The van der Waals surface area contributed by atoms with E-state index in [4.69, 9.17) is 0 Å². The topological polar surface area (TPSA) is 66.5 Å². The van der Waals surface area contributed by atoms with Gasteiger partial charge >= 0.3 is 0 Å². The van der Waals surface area contributed by atoms with E-state index in [-0.39, 0.29) is 13.0 Å². The Bertz CT molecular complexity index is 866. The van der Waals surface area contributed by atoms with Crippen molar-refractivity contribution in [2.24, 2.45) is 0 Å². The summed E-state index contributed by atoms with van der Waals surface area (Å²) in [4.78, 5) is 11.9. The maximum absolute atomic E-state index is 13.9. The Morgan fingerprint density at radius 2 is 1.62 bits per heavy atom. The number of nitrogens with zero attached hydrogens (tertiary/aromatic N) is 1. The molecule has 1 amide bonds. The maximum Gasteiger partial charge on any atom is 0.232 e. The number of carbonyl (C=O) groups is 1. The fraction of sp³-hybridized carbons (Fsp3) is 0.235. The molecule has 0 atom stereocenters. The molecule has 0 aliphatic rings. The first-order valence-corrected chi connectivity index (χ1v) is 9.46. The lowest BCUT2D eigenvalue weighted by molar-refractivity contribution is -0.121. The van der Waals surface area contributed by atoms with Gasteiger partial charge in [-0.1, -0.05) is 18.2 Å². The minimum absolute atomic E-state index is 0.117. The van der Waals surface area contributed by atoms with Crippen molar-refractivity contribution < 1.29 is 26.4 Å². The summed E-state index contributed by atoms with van der Waals surface area (Å²) in [7, 11) is -4.00. The molecule has 0 unspecified atom stereocenters. The number of anilines is 1. The summed E-state index contributed by atoms with van der Waals surface area (Å²) >= 11 is 0. The highest BCUT2D eigenvalue weighted by molar-refractivity contribution is 7.92. The molecule has 0 aromatic heterocycles. The molecule has 0 bridgehead atoms. The van der Waals surface area contributed by atoms with Crippen LogP contribution >= 0.6 is 0 Å². The third-order valence-electron chi connectivity index (χ3n) is 3.53. The first-order chi connectivity index (χ1) is 12.2. The van der Waals surface area contributed by atoms with Gasteiger partial charge in [-0.2, -0.15) is 0 Å². The Morgan fingerprint density at radius 1 is 1.04 bits per heavy atom. The van der Waals surface area contributed by atoms with E-state index in [1.54, 1.807) is 0 Å². The van der Waals surface area contributed by atoms with Gasteiger partial charge in [0.05, 0.1) is 6.26 Å². The molecule has 2 rings (SSSR count). The number of hydrogen-bond acceptors (Lipinski definition) is 3. The largest absolute Gasteiger partial charge is 0.352 e. The molecule has 9 heteroatoms. The van der Waals surface area contributed by atoms with Gasteiger partial charge in [-0.15, -0.1) is 0 Å². The molecule has 0 fully saturated rings. The SMILES string of the molecule is CS(=O)(=O)N(CCC(=O)NCc1ccc(F)cc1)c1c(F)cccc1F. The smallest absolute Gasteiger partial charge is 0.232 e. The Labute approximate surface area is 149 Å². The van der Waals surface area contributed by atoms with Crippen LogP contribution in [0.5, 0.6) is 0 Å². The predicted molar refractivity (Wildman–Crippen MR) is 91.4 cm³/mol. The van der Waals surface area contributed by atoms with Gasteiger partial charge in [0.1, 0.15) is 11.5 Å². The monoisotopic (exact) mass is 386 g/mol. The molecule has 2 aromatic rings. The van der Waals surface area contributed by atoms with Crippen molar-refractivity contribution in [3.05, 3.63) is 65.5 Å². The molecule has 0 radical (unpaired) electrons. The molecule has 26 heavy (non-hydrogen) atoms. The zero-order valence-electron chi connectivity index (χ0n) is 13.9. The Kier molecular flexibility index (Phi) is 6.25. The minimum Gasteiger partial charge on any atom is -0.352 e. The summed E-state index contributed by atoms with van der Waals surface area (Å²) in [5.74, 6) is -3.00. The predicted octanol–water partition coefficient (Wildman–Crippen LogP) is 2.58. The van der Waals surface area contributed by atoms with Gasteiger partial charge in [-0.05, 0) is 29.8 Å². The number of benzene rings is 2. The van der Waals surface area contributed by atoms with Crippen LogP contribution in [0.4, 0.5) is 18.9 Å². The Balaban J connectivity index is 2.03. The first kappa shape index (κ1) is 19.8. The van der Waals surface area contributed by atoms with E-state index in [1.165, 1.54) is 24.3 Å². The molecular weight excluding hydrogens is 369 g/mol. The zero-order valence-corrected chi connectivity index (χ0v) is 14.7. The fourth-order valence-electron chi connectivity index (χ4n) is 2.27. The molecule has 0 saturated heterocycles. The van der Waals surface area contributed by atoms with E-state index >= 15 is 0 Å². The summed E-state index contributed by atoms with van der Waals surface area (Å²) in [6.45, 7) is -0.308. The van der Waals surface area contributed by atoms with Crippen LogP contribution in [-0.4, -0.2) is 27.1 Å². The van der Waals surface area contributed by atoms with Crippen LogP contribution in [0, 0.1) is 17.5 Å². The second kappa shape index (κ2) is 8.22. The minimum atomic E-state index is -4.00. The highest BCUT2D eigenvalue weighted by Crippen LogP contribution is 2.25. The van der Waals surface area contributed by atoms with Crippen molar-refractivity contribution in [3.8, 4) is 0 Å².